The van der Waals surface area contributed by atoms with Gasteiger partial charge in [-0.15, -0.1) is 0 Å². The number of para-hydroxylation sites is 1. The van der Waals surface area contributed by atoms with E-state index in [4.69, 9.17) is 14.2 Å². The van der Waals surface area contributed by atoms with E-state index < -0.39 is 0 Å². The summed E-state index contributed by atoms with van der Waals surface area (Å²) in [6.07, 6.45) is 1.71. The average Bonchev–Trinajstić information content (AvgIpc) is 3.42. The van der Waals surface area contributed by atoms with E-state index in [0.29, 0.717) is 47.0 Å². The summed E-state index contributed by atoms with van der Waals surface area (Å²) >= 11 is 0. The van der Waals surface area contributed by atoms with Crippen molar-refractivity contribution < 1.29 is 19.0 Å². The molecule has 0 radical (unpaired) electrons. The van der Waals surface area contributed by atoms with Crippen molar-refractivity contribution in [1.29, 1.82) is 0 Å². The number of H-pyrrole nitrogens is 1. The van der Waals surface area contributed by atoms with Crippen molar-refractivity contribution >= 4 is 16.8 Å². The van der Waals surface area contributed by atoms with Crippen molar-refractivity contribution in [3.63, 3.8) is 0 Å². The Balaban J connectivity index is 1.51. The minimum atomic E-state index is -0.325. The van der Waals surface area contributed by atoms with E-state index in [1.165, 1.54) is 0 Å². The van der Waals surface area contributed by atoms with Crippen molar-refractivity contribution in [2.45, 2.75) is 31.4 Å². The number of ether oxygens (including phenoxy) is 3. The molecule has 1 fully saturated rings. The number of fused-ring (bicyclic) bond motifs is 4. The van der Waals surface area contributed by atoms with Crippen molar-refractivity contribution in [3.8, 4) is 17.2 Å². The number of methoxy groups -OCH3 is 2. The van der Waals surface area contributed by atoms with Crippen LogP contribution < -0.4 is 19.8 Å². The molecule has 0 saturated carbocycles. The van der Waals surface area contributed by atoms with Crippen LogP contribution in [-0.2, 0) is 6.61 Å². The molecule has 1 N–H and O–H groups in total. The third-order valence-corrected chi connectivity index (χ3v) is 7.50. The van der Waals surface area contributed by atoms with Crippen LogP contribution in [0.5, 0.6) is 17.2 Å². The van der Waals surface area contributed by atoms with E-state index in [1.54, 1.807) is 14.2 Å². The Morgan fingerprint density at radius 3 is 2.38 bits per heavy atom. The average molecular weight is 497 g/mol. The van der Waals surface area contributed by atoms with E-state index in [-0.39, 0.29) is 23.4 Å². The first-order valence-electron chi connectivity index (χ1n) is 12.5. The third-order valence-electron chi connectivity index (χ3n) is 7.50. The Bertz CT molecular complexity index is 1520. The lowest BCUT2D eigenvalue weighted by molar-refractivity contribution is 0.0700. The first-order chi connectivity index (χ1) is 18.1. The lowest BCUT2D eigenvalue weighted by Crippen LogP contribution is -2.47. The molecule has 2 aliphatic heterocycles. The maximum Gasteiger partial charge on any atom is 0.255 e. The number of carbonyl (C=O) groups is 1. The minimum Gasteiger partial charge on any atom is -0.493 e. The monoisotopic (exact) mass is 496 g/mol. The van der Waals surface area contributed by atoms with E-state index in [1.807, 2.05) is 71.6 Å². The lowest BCUT2D eigenvalue weighted by atomic mass is 9.78. The first kappa shape index (κ1) is 23.2. The van der Waals surface area contributed by atoms with Gasteiger partial charge in [0, 0.05) is 35.0 Å². The molecule has 188 valence electrons. The summed E-state index contributed by atoms with van der Waals surface area (Å²) in [5.41, 5.74) is 3.30. The van der Waals surface area contributed by atoms with Crippen LogP contribution >= 0.6 is 0 Å². The zero-order chi connectivity index (χ0) is 25.5. The molecular formula is C30H28N2O5. The van der Waals surface area contributed by atoms with Gasteiger partial charge in [0.05, 0.1) is 19.8 Å². The van der Waals surface area contributed by atoms with Gasteiger partial charge < -0.3 is 24.1 Å². The zero-order valence-electron chi connectivity index (χ0n) is 20.8. The second-order valence-corrected chi connectivity index (χ2v) is 9.50. The lowest BCUT2D eigenvalue weighted by Gasteiger charge is -2.38. The van der Waals surface area contributed by atoms with E-state index >= 15 is 0 Å². The van der Waals surface area contributed by atoms with Crippen LogP contribution in [0.4, 0.5) is 0 Å². The molecule has 2 atom stereocenters. The van der Waals surface area contributed by atoms with Gasteiger partial charge in [-0.05, 0) is 42.2 Å². The Morgan fingerprint density at radius 1 is 0.946 bits per heavy atom. The van der Waals surface area contributed by atoms with Crippen LogP contribution in [0.25, 0.3) is 10.9 Å². The number of benzene rings is 3. The molecule has 1 amide bonds. The molecule has 3 heterocycles. The number of hydrogen-bond donors (Lipinski definition) is 1. The predicted molar refractivity (Wildman–Crippen MR) is 141 cm³/mol. The number of nitrogens with zero attached hydrogens (tertiary/aromatic N) is 1. The van der Waals surface area contributed by atoms with Crippen LogP contribution in [0.15, 0.2) is 71.5 Å². The molecule has 2 aliphatic rings. The number of rotatable bonds is 6. The quantitative estimate of drug-likeness (QED) is 0.412. The summed E-state index contributed by atoms with van der Waals surface area (Å²) in [5.74, 6) is 1.14. The highest BCUT2D eigenvalue weighted by molar-refractivity contribution is 6.08. The molecule has 7 heteroatoms. The number of carbonyl (C=O) groups excluding carboxylic acids is 1. The van der Waals surface area contributed by atoms with Crippen LogP contribution in [0.3, 0.4) is 0 Å². The van der Waals surface area contributed by atoms with Gasteiger partial charge in [0.2, 0.25) is 5.75 Å². The number of pyridine rings is 1. The molecular weight excluding hydrogens is 468 g/mol. The highest BCUT2D eigenvalue weighted by Crippen LogP contribution is 2.47. The Morgan fingerprint density at radius 2 is 1.65 bits per heavy atom. The third kappa shape index (κ3) is 3.82. The smallest absolute Gasteiger partial charge is 0.255 e. The van der Waals surface area contributed by atoms with Crippen LogP contribution in [0.1, 0.15) is 45.8 Å². The second kappa shape index (κ2) is 9.32. The van der Waals surface area contributed by atoms with Crippen molar-refractivity contribution in [1.82, 2.24) is 9.88 Å². The van der Waals surface area contributed by atoms with Gasteiger partial charge in [-0.1, -0.05) is 48.5 Å². The molecule has 7 nitrogen and oxygen atoms in total. The molecule has 0 spiro atoms. The van der Waals surface area contributed by atoms with E-state index in [0.717, 1.165) is 29.4 Å². The minimum absolute atomic E-state index is 0.0715. The number of nitrogens with one attached hydrogen (secondary N) is 1. The van der Waals surface area contributed by atoms with Gasteiger partial charge in [0.15, 0.2) is 11.5 Å². The van der Waals surface area contributed by atoms with Crippen LogP contribution in [0, 0.1) is 0 Å². The van der Waals surface area contributed by atoms with Crippen LogP contribution in [0.2, 0.25) is 0 Å². The van der Waals surface area contributed by atoms with Gasteiger partial charge in [0.1, 0.15) is 6.61 Å². The topological polar surface area (TPSA) is 80.9 Å². The maximum absolute atomic E-state index is 13.7. The summed E-state index contributed by atoms with van der Waals surface area (Å²) in [4.78, 5) is 32.1. The van der Waals surface area contributed by atoms with Gasteiger partial charge >= 0.3 is 0 Å². The SMILES string of the molecule is COc1cc([C@@H]2c3c(c4ccccc4[nH]c3=O)C(=O)N3CCC[C@@H]23)cc(OC)c1OCc1ccccc1. The van der Waals surface area contributed by atoms with Crippen molar-refractivity contribution in [3.05, 3.63) is 99.3 Å². The summed E-state index contributed by atoms with van der Waals surface area (Å²) in [6, 6.07) is 21.1. The summed E-state index contributed by atoms with van der Waals surface area (Å²) in [6.45, 7) is 1.03. The number of aromatic amines is 1. The molecule has 0 unspecified atom stereocenters. The molecule has 1 saturated heterocycles. The fourth-order valence-electron chi connectivity index (χ4n) is 5.85. The predicted octanol–water partition coefficient (Wildman–Crippen LogP) is 4.87. The van der Waals surface area contributed by atoms with Crippen LogP contribution in [-0.4, -0.2) is 42.6 Å². The molecule has 1 aromatic heterocycles. The highest BCUT2D eigenvalue weighted by atomic mass is 16.5. The number of aromatic nitrogens is 1. The van der Waals surface area contributed by atoms with Gasteiger partial charge in [0.25, 0.3) is 11.5 Å². The highest BCUT2D eigenvalue weighted by Gasteiger charge is 2.45. The van der Waals surface area contributed by atoms with E-state index in [9.17, 15) is 9.59 Å². The normalized spacial score (nSPS) is 18.4. The molecule has 0 bridgehead atoms. The fraction of sp³-hybridized carbons (Fsp3) is 0.267. The summed E-state index contributed by atoms with van der Waals surface area (Å²) < 4.78 is 17.7. The number of amides is 1. The standard InChI is InChI=1S/C30H28N2O5/c1-35-23-15-19(16-24(36-2)28(23)37-17-18-9-4-3-5-10-18)25-22-13-8-14-32(22)30(34)26-20-11-6-7-12-21(20)31-29(33)27(25)26/h3-7,9-12,15-16,22,25H,8,13-14,17H2,1-2H3,(H,31,33)/t22-,25-/m0/s1. The Labute approximate surface area is 214 Å². The number of hydrogen-bond acceptors (Lipinski definition) is 5. The maximum atomic E-state index is 13.7. The van der Waals surface area contributed by atoms with Gasteiger partial charge in [-0.3, -0.25) is 9.59 Å². The Hall–Kier alpha value is -4.26. The molecule has 3 aromatic carbocycles. The molecule has 0 aliphatic carbocycles. The molecule has 4 aromatic rings. The second-order valence-electron chi connectivity index (χ2n) is 9.50. The summed E-state index contributed by atoms with van der Waals surface area (Å²) in [5, 5.41) is 0.763. The summed E-state index contributed by atoms with van der Waals surface area (Å²) in [7, 11) is 3.18. The molecule has 37 heavy (non-hydrogen) atoms. The van der Waals surface area contributed by atoms with E-state index in [2.05, 4.69) is 4.98 Å². The van der Waals surface area contributed by atoms with Crippen molar-refractivity contribution in [2.24, 2.45) is 0 Å². The molecule has 6 rings (SSSR count). The van der Waals surface area contributed by atoms with Gasteiger partial charge in [-0.2, -0.15) is 0 Å². The Kier molecular flexibility index (Phi) is 5.83. The first-order valence-corrected chi connectivity index (χ1v) is 12.5. The fourth-order valence-corrected chi connectivity index (χ4v) is 5.85. The largest absolute Gasteiger partial charge is 0.493 e. The van der Waals surface area contributed by atoms with Gasteiger partial charge in [-0.25, -0.2) is 0 Å². The van der Waals surface area contributed by atoms with Crippen molar-refractivity contribution in [2.75, 3.05) is 20.8 Å². The zero-order valence-corrected chi connectivity index (χ0v) is 20.8.